The summed E-state index contributed by atoms with van der Waals surface area (Å²) in [6.45, 7) is 2.95. The lowest BCUT2D eigenvalue weighted by atomic mass is 10.3. The van der Waals surface area contributed by atoms with Crippen molar-refractivity contribution in [2.75, 3.05) is 19.3 Å². The van der Waals surface area contributed by atoms with Gasteiger partial charge in [-0.15, -0.1) is 0 Å². The SMILES string of the molecule is CNCCCCS(=O)(=O)NC1CC1C. The van der Waals surface area contributed by atoms with Gasteiger partial charge in [0.2, 0.25) is 10.0 Å². The second-order valence-corrected chi connectivity index (χ2v) is 5.94. The van der Waals surface area contributed by atoms with Crippen LogP contribution in [-0.2, 0) is 10.0 Å². The van der Waals surface area contributed by atoms with Crippen molar-refractivity contribution in [1.29, 1.82) is 0 Å². The van der Waals surface area contributed by atoms with E-state index in [1.807, 2.05) is 7.05 Å². The summed E-state index contributed by atoms with van der Waals surface area (Å²) in [6, 6.07) is 0.212. The molecule has 0 aromatic rings. The van der Waals surface area contributed by atoms with Crippen molar-refractivity contribution in [3.8, 4) is 0 Å². The number of nitrogens with one attached hydrogen (secondary N) is 2. The van der Waals surface area contributed by atoms with Gasteiger partial charge in [-0.1, -0.05) is 6.92 Å². The van der Waals surface area contributed by atoms with E-state index in [4.69, 9.17) is 0 Å². The normalized spacial score (nSPS) is 26.4. The fraction of sp³-hybridized carbons (Fsp3) is 1.00. The molecule has 0 aliphatic heterocycles. The van der Waals surface area contributed by atoms with E-state index in [1.165, 1.54) is 0 Å². The zero-order valence-corrected chi connectivity index (χ0v) is 9.73. The molecule has 2 unspecified atom stereocenters. The van der Waals surface area contributed by atoms with Crippen LogP contribution in [0.4, 0.5) is 0 Å². The predicted molar refractivity (Wildman–Crippen MR) is 57.7 cm³/mol. The van der Waals surface area contributed by atoms with E-state index in [1.54, 1.807) is 0 Å². The van der Waals surface area contributed by atoms with Crippen LogP contribution in [0.25, 0.3) is 0 Å². The van der Waals surface area contributed by atoms with Crippen molar-refractivity contribution in [1.82, 2.24) is 10.0 Å². The summed E-state index contributed by atoms with van der Waals surface area (Å²) in [4.78, 5) is 0. The van der Waals surface area contributed by atoms with E-state index >= 15 is 0 Å². The van der Waals surface area contributed by atoms with Crippen molar-refractivity contribution in [3.05, 3.63) is 0 Å². The highest BCUT2D eigenvalue weighted by Crippen LogP contribution is 2.29. The topological polar surface area (TPSA) is 58.2 Å². The second kappa shape index (κ2) is 5.09. The Labute approximate surface area is 86.5 Å². The Hall–Kier alpha value is -0.130. The van der Waals surface area contributed by atoms with Crippen LogP contribution in [0.3, 0.4) is 0 Å². The summed E-state index contributed by atoms with van der Waals surface area (Å²) in [5, 5.41) is 3.00. The fourth-order valence-electron chi connectivity index (χ4n) is 1.37. The summed E-state index contributed by atoms with van der Waals surface area (Å²) in [7, 11) is -1.14. The van der Waals surface area contributed by atoms with Crippen LogP contribution in [0.1, 0.15) is 26.2 Å². The standard InChI is InChI=1S/C9H20N2O2S/c1-8-7-9(8)11-14(12,13)6-4-3-5-10-2/h8-11H,3-7H2,1-2H3. The van der Waals surface area contributed by atoms with Gasteiger partial charge in [-0.3, -0.25) is 0 Å². The van der Waals surface area contributed by atoms with E-state index in [0.29, 0.717) is 5.92 Å². The molecular weight excluding hydrogens is 200 g/mol. The molecule has 0 amide bonds. The lowest BCUT2D eigenvalue weighted by Gasteiger charge is -2.05. The first kappa shape index (κ1) is 11.9. The zero-order valence-electron chi connectivity index (χ0n) is 8.91. The van der Waals surface area contributed by atoms with Crippen molar-refractivity contribution in [2.45, 2.75) is 32.2 Å². The molecule has 1 fully saturated rings. The number of sulfonamides is 1. The highest BCUT2D eigenvalue weighted by Gasteiger charge is 2.35. The summed E-state index contributed by atoms with van der Waals surface area (Å²) in [5.74, 6) is 0.792. The lowest BCUT2D eigenvalue weighted by Crippen LogP contribution is -2.29. The maximum atomic E-state index is 11.5. The van der Waals surface area contributed by atoms with Crippen LogP contribution >= 0.6 is 0 Å². The smallest absolute Gasteiger partial charge is 0.211 e. The van der Waals surface area contributed by atoms with Crippen LogP contribution in [0.15, 0.2) is 0 Å². The summed E-state index contributed by atoms with van der Waals surface area (Å²) in [6.07, 6.45) is 2.64. The minimum atomic E-state index is -3.01. The Morgan fingerprint density at radius 2 is 2.00 bits per heavy atom. The minimum Gasteiger partial charge on any atom is -0.320 e. The van der Waals surface area contributed by atoms with Gasteiger partial charge in [0.25, 0.3) is 0 Å². The molecule has 2 N–H and O–H groups in total. The van der Waals surface area contributed by atoms with Crippen LogP contribution in [0, 0.1) is 5.92 Å². The average molecular weight is 220 g/mol. The number of unbranched alkanes of at least 4 members (excludes halogenated alkanes) is 1. The van der Waals surface area contributed by atoms with Crippen molar-refractivity contribution < 1.29 is 8.42 Å². The monoisotopic (exact) mass is 220 g/mol. The maximum Gasteiger partial charge on any atom is 0.211 e. The van der Waals surface area contributed by atoms with Gasteiger partial charge in [-0.2, -0.15) is 0 Å². The maximum absolute atomic E-state index is 11.5. The Bertz CT molecular complexity index is 264. The third-order valence-corrected chi connectivity index (χ3v) is 4.02. The van der Waals surface area contributed by atoms with E-state index in [-0.39, 0.29) is 11.8 Å². The van der Waals surface area contributed by atoms with Crippen LogP contribution in [0.5, 0.6) is 0 Å². The molecule has 0 spiro atoms. The van der Waals surface area contributed by atoms with Gasteiger partial charge in [0.15, 0.2) is 0 Å². The molecule has 5 heteroatoms. The van der Waals surface area contributed by atoms with E-state index in [9.17, 15) is 8.42 Å². The fourth-order valence-corrected chi connectivity index (χ4v) is 2.86. The molecular formula is C9H20N2O2S. The molecule has 1 rings (SSSR count). The van der Waals surface area contributed by atoms with Gasteiger partial charge in [-0.05, 0) is 38.8 Å². The van der Waals surface area contributed by atoms with Gasteiger partial charge < -0.3 is 5.32 Å². The molecule has 0 bridgehead atoms. The van der Waals surface area contributed by atoms with Gasteiger partial charge in [-0.25, -0.2) is 13.1 Å². The van der Waals surface area contributed by atoms with Crippen molar-refractivity contribution in [3.63, 3.8) is 0 Å². The molecule has 14 heavy (non-hydrogen) atoms. The van der Waals surface area contributed by atoms with E-state index < -0.39 is 10.0 Å². The molecule has 84 valence electrons. The van der Waals surface area contributed by atoms with Gasteiger partial charge >= 0.3 is 0 Å². The summed E-state index contributed by atoms with van der Waals surface area (Å²) >= 11 is 0. The highest BCUT2D eigenvalue weighted by atomic mass is 32.2. The van der Waals surface area contributed by atoms with Crippen LogP contribution in [-0.4, -0.2) is 33.8 Å². The van der Waals surface area contributed by atoms with Crippen LogP contribution in [0.2, 0.25) is 0 Å². The van der Waals surface area contributed by atoms with Crippen molar-refractivity contribution >= 4 is 10.0 Å². The van der Waals surface area contributed by atoms with Gasteiger partial charge in [0.05, 0.1) is 5.75 Å². The van der Waals surface area contributed by atoms with E-state index in [2.05, 4.69) is 17.0 Å². The molecule has 1 saturated carbocycles. The number of hydrogen-bond acceptors (Lipinski definition) is 3. The van der Waals surface area contributed by atoms with Gasteiger partial charge in [0.1, 0.15) is 0 Å². The van der Waals surface area contributed by atoms with Crippen molar-refractivity contribution in [2.24, 2.45) is 5.92 Å². The first-order valence-corrected chi connectivity index (χ1v) is 6.85. The Morgan fingerprint density at radius 1 is 1.36 bits per heavy atom. The first-order valence-electron chi connectivity index (χ1n) is 5.20. The molecule has 0 radical (unpaired) electrons. The second-order valence-electron chi connectivity index (χ2n) is 4.07. The molecule has 1 aliphatic rings. The third kappa shape index (κ3) is 4.39. The number of hydrogen-bond donors (Lipinski definition) is 2. The largest absolute Gasteiger partial charge is 0.320 e. The summed E-state index contributed by atoms with van der Waals surface area (Å²) in [5.41, 5.74) is 0. The summed E-state index contributed by atoms with van der Waals surface area (Å²) < 4.78 is 25.6. The third-order valence-electron chi connectivity index (χ3n) is 2.53. The minimum absolute atomic E-state index is 0.212. The molecule has 0 aromatic carbocycles. The predicted octanol–water partition coefficient (Wildman–Crippen LogP) is 0.314. The molecule has 1 aliphatic carbocycles. The molecule has 0 saturated heterocycles. The molecule has 2 atom stereocenters. The Morgan fingerprint density at radius 3 is 2.50 bits per heavy atom. The Balaban J connectivity index is 2.14. The molecule has 0 heterocycles. The quantitative estimate of drug-likeness (QED) is 0.607. The highest BCUT2D eigenvalue weighted by molar-refractivity contribution is 7.89. The average Bonchev–Trinajstić information content (AvgIpc) is 2.75. The zero-order chi connectivity index (χ0) is 10.6. The van der Waals surface area contributed by atoms with E-state index in [0.717, 1.165) is 25.8 Å². The first-order chi connectivity index (χ1) is 6.55. The van der Waals surface area contributed by atoms with Crippen LogP contribution < -0.4 is 10.0 Å². The number of rotatable bonds is 7. The lowest BCUT2D eigenvalue weighted by molar-refractivity contribution is 0.572. The molecule has 0 aromatic heterocycles. The Kier molecular flexibility index (Phi) is 4.34. The molecule has 4 nitrogen and oxygen atoms in total. The van der Waals surface area contributed by atoms with Gasteiger partial charge in [0, 0.05) is 6.04 Å².